The van der Waals surface area contributed by atoms with Crippen LogP contribution in [-0.2, 0) is 4.79 Å². The van der Waals surface area contributed by atoms with Crippen LogP contribution in [-0.4, -0.2) is 50.4 Å². The van der Waals surface area contributed by atoms with Crippen molar-refractivity contribution in [3.05, 3.63) is 54.1 Å². The van der Waals surface area contributed by atoms with Gasteiger partial charge in [-0.3, -0.25) is 4.79 Å². The second-order valence-electron chi connectivity index (χ2n) is 6.66. The van der Waals surface area contributed by atoms with Crippen molar-refractivity contribution in [2.24, 2.45) is 0 Å². The molecule has 4 rings (SSSR count). The number of benzene rings is 2. The summed E-state index contributed by atoms with van der Waals surface area (Å²) < 4.78 is 16.4. The molecule has 0 atom stereocenters. The summed E-state index contributed by atoms with van der Waals surface area (Å²) in [6, 6.07) is 13.7. The number of anilines is 1. The number of hydrogen-bond acceptors (Lipinski definition) is 5. The minimum Gasteiger partial charge on any atom is -0.492 e. The third kappa shape index (κ3) is 3.91. The molecule has 6 heteroatoms. The van der Waals surface area contributed by atoms with Crippen LogP contribution in [0.5, 0.6) is 17.2 Å². The van der Waals surface area contributed by atoms with Crippen LogP contribution in [0.15, 0.2) is 48.5 Å². The van der Waals surface area contributed by atoms with E-state index in [1.54, 1.807) is 6.08 Å². The van der Waals surface area contributed by atoms with Crippen LogP contribution in [0.2, 0.25) is 0 Å². The van der Waals surface area contributed by atoms with Crippen LogP contribution >= 0.6 is 0 Å². The fourth-order valence-corrected chi connectivity index (χ4v) is 3.45. The Labute approximate surface area is 164 Å². The number of para-hydroxylation sites is 2. The van der Waals surface area contributed by atoms with Gasteiger partial charge in [-0.2, -0.15) is 0 Å². The first kappa shape index (κ1) is 18.2. The zero-order valence-electron chi connectivity index (χ0n) is 16.0. The SMILES string of the molecule is CCOc1ccccc1N1CCN(C(=O)/C=C/c2ccc3c(c2)OCO3)CC1. The molecule has 1 amide bonds. The smallest absolute Gasteiger partial charge is 0.246 e. The predicted octanol–water partition coefficient (Wildman–Crippen LogP) is 3.18. The average Bonchev–Trinajstić information content (AvgIpc) is 3.21. The summed E-state index contributed by atoms with van der Waals surface area (Å²) >= 11 is 0. The summed E-state index contributed by atoms with van der Waals surface area (Å²) in [6.45, 7) is 5.81. The van der Waals surface area contributed by atoms with Gasteiger partial charge < -0.3 is 24.0 Å². The molecule has 0 aromatic heterocycles. The van der Waals surface area contributed by atoms with E-state index in [0.29, 0.717) is 19.7 Å². The topological polar surface area (TPSA) is 51.2 Å². The van der Waals surface area contributed by atoms with Gasteiger partial charge in [-0.15, -0.1) is 0 Å². The molecule has 1 fully saturated rings. The highest BCUT2D eigenvalue weighted by Crippen LogP contribution is 2.33. The zero-order valence-corrected chi connectivity index (χ0v) is 16.0. The van der Waals surface area contributed by atoms with Gasteiger partial charge >= 0.3 is 0 Å². The molecule has 0 N–H and O–H groups in total. The van der Waals surface area contributed by atoms with Crippen LogP contribution < -0.4 is 19.1 Å². The number of carbonyl (C=O) groups excluding carboxylic acids is 1. The largest absolute Gasteiger partial charge is 0.492 e. The van der Waals surface area contributed by atoms with E-state index < -0.39 is 0 Å². The van der Waals surface area contributed by atoms with Crippen molar-refractivity contribution >= 4 is 17.7 Å². The molecule has 0 aliphatic carbocycles. The van der Waals surface area contributed by atoms with Crippen LogP contribution in [0.3, 0.4) is 0 Å². The zero-order chi connectivity index (χ0) is 19.3. The highest BCUT2D eigenvalue weighted by atomic mass is 16.7. The average molecular weight is 380 g/mol. The lowest BCUT2D eigenvalue weighted by Crippen LogP contribution is -2.48. The fourth-order valence-electron chi connectivity index (χ4n) is 3.45. The molecule has 2 aliphatic heterocycles. The molecule has 0 radical (unpaired) electrons. The number of hydrogen-bond donors (Lipinski definition) is 0. The number of rotatable bonds is 5. The molecule has 0 spiro atoms. The minimum atomic E-state index is 0.0235. The maximum atomic E-state index is 12.6. The van der Waals surface area contributed by atoms with Gasteiger partial charge in [0.05, 0.1) is 12.3 Å². The van der Waals surface area contributed by atoms with Gasteiger partial charge in [-0.25, -0.2) is 0 Å². The van der Waals surface area contributed by atoms with E-state index in [4.69, 9.17) is 14.2 Å². The van der Waals surface area contributed by atoms with Crippen LogP contribution in [0, 0.1) is 0 Å². The maximum Gasteiger partial charge on any atom is 0.246 e. The summed E-state index contributed by atoms with van der Waals surface area (Å²) in [5, 5.41) is 0. The molecule has 0 bridgehead atoms. The van der Waals surface area contributed by atoms with Gasteiger partial charge in [0, 0.05) is 32.3 Å². The van der Waals surface area contributed by atoms with E-state index in [0.717, 1.165) is 41.6 Å². The Balaban J connectivity index is 1.35. The van der Waals surface area contributed by atoms with Gasteiger partial charge in [0.2, 0.25) is 12.7 Å². The molecule has 6 nitrogen and oxygen atoms in total. The Kier molecular flexibility index (Phi) is 5.37. The summed E-state index contributed by atoms with van der Waals surface area (Å²) in [5.74, 6) is 2.38. The Hall–Kier alpha value is -3.15. The Morgan fingerprint density at radius 2 is 1.86 bits per heavy atom. The number of carbonyl (C=O) groups is 1. The lowest BCUT2D eigenvalue weighted by atomic mass is 10.2. The van der Waals surface area contributed by atoms with E-state index >= 15 is 0 Å². The maximum absolute atomic E-state index is 12.6. The van der Waals surface area contributed by atoms with Crippen molar-refractivity contribution in [2.45, 2.75) is 6.92 Å². The van der Waals surface area contributed by atoms with Crippen molar-refractivity contribution in [1.82, 2.24) is 4.90 Å². The standard InChI is InChI=1S/C22H24N2O4/c1-2-26-19-6-4-3-5-18(19)23-11-13-24(14-12-23)22(25)10-8-17-7-9-20-21(15-17)28-16-27-20/h3-10,15H,2,11-14,16H2,1H3/b10-8+. The summed E-state index contributed by atoms with van der Waals surface area (Å²) in [7, 11) is 0. The van der Waals surface area contributed by atoms with Crippen LogP contribution in [0.4, 0.5) is 5.69 Å². The second-order valence-corrected chi connectivity index (χ2v) is 6.66. The van der Waals surface area contributed by atoms with Crippen LogP contribution in [0.25, 0.3) is 6.08 Å². The van der Waals surface area contributed by atoms with E-state index in [-0.39, 0.29) is 12.7 Å². The first-order valence-corrected chi connectivity index (χ1v) is 9.58. The number of ether oxygens (including phenoxy) is 3. The Bertz CT molecular complexity index is 873. The third-order valence-corrected chi connectivity index (χ3v) is 4.91. The fraction of sp³-hybridized carbons (Fsp3) is 0.318. The lowest BCUT2D eigenvalue weighted by Gasteiger charge is -2.36. The van der Waals surface area contributed by atoms with E-state index in [9.17, 15) is 4.79 Å². The first-order chi connectivity index (χ1) is 13.7. The molecule has 0 unspecified atom stereocenters. The quantitative estimate of drug-likeness (QED) is 0.746. The third-order valence-electron chi connectivity index (χ3n) is 4.91. The van der Waals surface area contributed by atoms with Crippen LogP contribution in [0.1, 0.15) is 12.5 Å². The van der Waals surface area contributed by atoms with Crippen molar-refractivity contribution in [1.29, 1.82) is 0 Å². The summed E-state index contributed by atoms with van der Waals surface area (Å²) in [6.07, 6.45) is 3.45. The predicted molar refractivity (Wildman–Crippen MR) is 108 cm³/mol. The van der Waals surface area contributed by atoms with Crippen molar-refractivity contribution in [3.63, 3.8) is 0 Å². The van der Waals surface area contributed by atoms with Gasteiger partial charge in [-0.1, -0.05) is 18.2 Å². The number of piperazine rings is 1. The molecular weight excluding hydrogens is 356 g/mol. The highest BCUT2D eigenvalue weighted by molar-refractivity contribution is 5.92. The first-order valence-electron chi connectivity index (χ1n) is 9.58. The van der Waals surface area contributed by atoms with Crippen molar-refractivity contribution < 1.29 is 19.0 Å². The van der Waals surface area contributed by atoms with Gasteiger partial charge in [0.1, 0.15) is 5.75 Å². The van der Waals surface area contributed by atoms with Gasteiger partial charge in [0.15, 0.2) is 11.5 Å². The molecular formula is C22H24N2O4. The molecule has 2 aliphatic rings. The van der Waals surface area contributed by atoms with E-state index in [1.807, 2.05) is 54.3 Å². The van der Waals surface area contributed by atoms with Crippen molar-refractivity contribution in [3.8, 4) is 17.2 Å². The lowest BCUT2D eigenvalue weighted by molar-refractivity contribution is -0.126. The molecule has 28 heavy (non-hydrogen) atoms. The van der Waals surface area contributed by atoms with Crippen molar-refractivity contribution in [2.75, 3.05) is 44.5 Å². The molecule has 2 heterocycles. The second kappa shape index (κ2) is 8.25. The van der Waals surface area contributed by atoms with Gasteiger partial charge in [0.25, 0.3) is 0 Å². The van der Waals surface area contributed by atoms with Gasteiger partial charge in [-0.05, 0) is 42.8 Å². The number of amides is 1. The number of fused-ring (bicyclic) bond motifs is 1. The molecule has 2 aromatic carbocycles. The number of nitrogens with zero attached hydrogens (tertiary/aromatic N) is 2. The van der Waals surface area contributed by atoms with E-state index in [2.05, 4.69) is 11.0 Å². The normalized spacial score (nSPS) is 15.9. The Morgan fingerprint density at radius 3 is 2.68 bits per heavy atom. The molecule has 1 saturated heterocycles. The summed E-state index contributed by atoms with van der Waals surface area (Å²) in [4.78, 5) is 16.7. The molecule has 0 saturated carbocycles. The molecule has 146 valence electrons. The minimum absolute atomic E-state index is 0.0235. The summed E-state index contributed by atoms with van der Waals surface area (Å²) in [5.41, 5.74) is 2.01. The molecule has 2 aromatic rings. The van der Waals surface area contributed by atoms with E-state index in [1.165, 1.54) is 0 Å². The Morgan fingerprint density at radius 1 is 1.07 bits per heavy atom. The monoisotopic (exact) mass is 380 g/mol. The highest BCUT2D eigenvalue weighted by Gasteiger charge is 2.21.